The normalized spacial score (nSPS) is 35.8. The van der Waals surface area contributed by atoms with Gasteiger partial charge in [-0.15, -0.1) is 0 Å². The monoisotopic (exact) mass is 340 g/mol. The molecule has 7 atom stereocenters. The molecule has 10 heteroatoms. The first-order valence-electron chi connectivity index (χ1n) is 7.12. The van der Waals surface area contributed by atoms with E-state index in [9.17, 15) is 24.1 Å². The summed E-state index contributed by atoms with van der Waals surface area (Å²) in [5, 5.41) is 19.5. The minimum absolute atomic E-state index is 0.0627. The Morgan fingerprint density at radius 2 is 2.09 bits per heavy atom. The fourth-order valence-corrected chi connectivity index (χ4v) is 3.54. The third-order valence-corrected chi connectivity index (χ3v) is 5.42. The van der Waals surface area contributed by atoms with E-state index in [1.165, 1.54) is 21.0 Å². The van der Waals surface area contributed by atoms with Gasteiger partial charge in [-0.25, -0.2) is 4.39 Å². The number of ether oxygens (including phenoxy) is 2. The molecular weight excluding hydrogens is 317 g/mol. The first kappa shape index (κ1) is 20.0. The SMILES string of the molecule is [B][C@@H]1O[C@H](C[C@@](F)(CC)OP(=O)(O)C(O)CC)[C@@H](O)[C@H]1OC. The van der Waals surface area contributed by atoms with E-state index in [2.05, 4.69) is 4.52 Å². The zero-order valence-electron chi connectivity index (χ0n) is 12.9. The average Bonchev–Trinajstić information content (AvgIpc) is 2.71. The molecule has 1 fully saturated rings. The Balaban J connectivity index is 2.81. The number of aliphatic hydroxyl groups is 2. The van der Waals surface area contributed by atoms with E-state index in [-0.39, 0.29) is 12.8 Å². The first-order valence-corrected chi connectivity index (χ1v) is 8.77. The summed E-state index contributed by atoms with van der Waals surface area (Å²) in [5.74, 6) is -4.23. The van der Waals surface area contributed by atoms with Crippen molar-refractivity contribution in [2.45, 2.75) is 69.1 Å². The van der Waals surface area contributed by atoms with Gasteiger partial charge in [-0.05, 0) is 6.42 Å². The summed E-state index contributed by atoms with van der Waals surface area (Å²) in [6.07, 6.45) is -3.92. The number of rotatable bonds is 8. The number of halogens is 1. The van der Waals surface area contributed by atoms with Gasteiger partial charge < -0.3 is 24.6 Å². The number of hydrogen-bond donors (Lipinski definition) is 3. The molecule has 1 aliphatic rings. The summed E-state index contributed by atoms with van der Waals surface area (Å²) in [5.41, 5.74) is 0. The zero-order valence-corrected chi connectivity index (χ0v) is 13.8. The second-order valence-corrected chi connectivity index (χ2v) is 7.22. The van der Waals surface area contributed by atoms with Crippen LogP contribution in [-0.4, -0.2) is 66.1 Å². The van der Waals surface area contributed by atoms with Crippen LogP contribution in [-0.2, 0) is 18.6 Å². The van der Waals surface area contributed by atoms with E-state index in [0.29, 0.717) is 0 Å². The van der Waals surface area contributed by atoms with Gasteiger partial charge in [0.2, 0.25) is 5.85 Å². The van der Waals surface area contributed by atoms with Crippen LogP contribution in [0.5, 0.6) is 0 Å². The van der Waals surface area contributed by atoms with E-state index in [0.717, 1.165) is 0 Å². The van der Waals surface area contributed by atoms with Crippen molar-refractivity contribution in [3.63, 3.8) is 0 Å². The molecule has 0 saturated carbocycles. The lowest BCUT2D eigenvalue weighted by Crippen LogP contribution is -2.39. The highest BCUT2D eigenvalue weighted by Crippen LogP contribution is 2.53. The van der Waals surface area contributed by atoms with Crippen molar-refractivity contribution >= 4 is 15.4 Å². The van der Waals surface area contributed by atoms with Crippen LogP contribution in [0.25, 0.3) is 0 Å². The molecule has 2 radical (unpaired) electrons. The molecular formula is C12H23BFO7P. The topological polar surface area (TPSA) is 105 Å². The van der Waals surface area contributed by atoms with Gasteiger partial charge in [0.15, 0.2) is 5.85 Å². The van der Waals surface area contributed by atoms with Gasteiger partial charge >= 0.3 is 7.60 Å². The molecule has 3 N–H and O–H groups in total. The van der Waals surface area contributed by atoms with Crippen LogP contribution >= 0.6 is 7.60 Å². The van der Waals surface area contributed by atoms with Gasteiger partial charge in [0.1, 0.15) is 20.1 Å². The summed E-state index contributed by atoms with van der Waals surface area (Å²) < 4.78 is 41.5. The lowest BCUT2D eigenvalue weighted by molar-refractivity contribution is -0.121. The highest BCUT2D eigenvalue weighted by molar-refractivity contribution is 7.53. The predicted molar refractivity (Wildman–Crippen MR) is 77.2 cm³/mol. The Kier molecular flexibility index (Phi) is 7.01. The van der Waals surface area contributed by atoms with Crippen molar-refractivity contribution in [2.24, 2.45) is 0 Å². The molecule has 7 nitrogen and oxygen atoms in total. The molecule has 1 aliphatic heterocycles. The van der Waals surface area contributed by atoms with Crippen molar-refractivity contribution in [1.82, 2.24) is 0 Å². The number of aliphatic hydroxyl groups excluding tert-OH is 2. The maximum absolute atomic E-state index is 14.8. The summed E-state index contributed by atoms with van der Waals surface area (Å²) >= 11 is 0. The van der Waals surface area contributed by atoms with Crippen molar-refractivity contribution in [2.75, 3.05) is 7.11 Å². The molecule has 0 aliphatic carbocycles. The minimum Gasteiger partial charge on any atom is -0.388 e. The van der Waals surface area contributed by atoms with Gasteiger partial charge in [0.25, 0.3) is 0 Å². The van der Waals surface area contributed by atoms with Gasteiger partial charge in [0.05, 0.1) is 6.10 Å². The molecule has 0 amide bonds. The van der Waals surface area contributed by atoms with E-state index in [1.807, 2.05) is 0 Å². The first-order chi connectivity index (χ1) is 10.1. The van der Waals surface area contributed by atoms with Crippen molar-refractivity contribution < 1.29 is 38.1 Å². The number of hydrogen-bond acceptors (Lipinski definition) is 6. The molecule has 22 heavy (non-hydrogen) atoms. The molecule has 1 heterocycles. The number of alkyl halides is 1. The van der Waals surface area contributed by atoms with Crippen LogP contribution in [0.1, 0.15) is 33.1 Å². The van der Waals surface area contributed by atoms with Crippen molar-refractivity contribution in [1.29, 1.82) is 0 Å². The molecule has 1 saturated heterocycles. The van der Waals surface area contributed by atoms with Crippen molar-refractivity contribution in [3.05, 3.63) is 0 Å². The Hall–Kier alpha value is -0.0151. The van der Waals surface area contributed by atoms with Gasteiger partial charge in [-0.1, -0.05) is 13.8 Å². The standard InChI is InChI=1S/C12H23BFO7P/c1-4-8(15)22(17,18)21-12(14,5-2)6-7-9(16)10(19-3)11(13)20-7/h7-11,15-16H,4-6H2,1-3H3,(H,17,18)/t7-,8?,9-,10-,11-,12-/m1/s1. The Labute approximate surface area is 130 Å². The van der Waals surface area contributed by atoms with Crippen molar-refractivity contribution in [3.8, 4) is 0 Å². The fraction of sp³-hybridized carbons (Fsp3) is 1.00. The van der Waals surface area contributed by atoms with Crippen LogP contribution in [0.15, 0.2) is 0 Å². The average molecular weight is 340 g/mol. The lowest BCUT2D eigenvalue weighted by atomic mass is 9.92. The van der Waals surface area contributed by atoms with E-state index < -0.39 is 50.0 Å². The van der Waals surface area contributed by atoms with Crippen LogP contribution in [0.3, 0.4) is 0 Å². The third-order valence-electron chi connectivity index (χ3n) is 3.72. The molecule has 0 aromatic carbocycles. The van der Waals surface area contributed by atoms with E-state index in [4.69, 9.17) is 17.3 Å². The van der Waals surface area contributed by atoms with E-state index >= 15 is 0 Å². The molecule has 0 aromatic heterocycles. The molecule has 128 valence electrons. The van der Waals surface area contributed by atoms with Gasteiger partial charge in [0, 0.05) is 26.0 Å². The second kappa shape index (κ2) is 7.70. The van der Waals surface area contributed by atoms with Gasteiger partial charge in [-0.2, -0.15) is 0 Å². The Morgan fingerprint density at radius 1 is 1.50 bits per heavy atom. The summed E-state index contributed by atoms with van der Waals surface area (Å²) in [6, 6.07) is -0.937. The quantitative estimate of drug-likeness (QED) is 0.440. The molecule has 0 spiro atoms. The molecule has 2 unspecified atom stereocenters. The Morgan fingerprint density at radius 3 is 2.50 bits per heavy atom. The van der Waals surface area contributed by atoms with Crippen LogP contribution in [0, 0.1) is 0 Å². The summed E-state index contributed by atoms with van der Waals surface area (Å²) in [6.45, 7) is 2.88. The van der Waals surface area contributed by atoms with Crippen LogP contribution in [0.2, 0.25) is 0 Å². The summed E-state index contributed by atoms with van der Waals surface area (Å²) in [7, 11) is 2.39. The largest absolute Gasteiger partial charge is 0.388 e. The number of methoxy groups -OCH3 is 1. The second-order valence-electron chi connectivity index (χ2n) is 5.32. The zero-order chi connectivity index (χ0) is 17.1. The van der Waals surface area contributed by atoms with E-state index in [1.54, 1.807) is 0 Å². The molecule has 1 rings (SSSR count). The highest BCUT2D eigenvalue weighted by Gasteiger charge is 2.48. The predicted octanol–water partition coefficient (Wildman–Crippen LogP) is 0.652. The molecule has 0 bridgehead atoms. The lowest BCUT2D eigenvalue weighted by Gasteiger charge is -2.31. The van der Waals surface area contributed by atoms with Crippen LogP contribution in [0.4, 0.5) is 4.39 Å². The van der Waals surface area contributed by atoms with Crippen LogP contribution < -0.4 is 0 Å². The maximum atomic E-state index is 14.8. The summed E-state index contributed by atoms with van der Waals surface area (Å²) in [4.78, 5) is 9.63. The third kappa shape index (κ3) is 4.51. The van der Waals surface area contributed by atoms with Gasteiger partial charge in [-0.3, -0.25) is 9.09 Å². The molecule has 0 aromatic rings. The fourth-order valence-electron chi connectivity index (χ4n) is 2.28. The highest BCUT2D eigenvalue weighted by atomic mass is 31.2. The smallest absolute Gasteiger partial charge is 0.359 e. The Bertz CT molecular complexity index is 415. The maximum Gasteiger partial charge on any atom is 0.359 e. The minimum atomic E-state index is -4.55.